The van der Waals surface area contributed by atoms with Crippen LogP contribution < -0.4 is 5.32 Å². The van der Waals surface area contributed by atoms with Gasteiger partial charge >= 0.3 is 0 Å². The number of rotatable bonds is 6. The zero-order chi connectivity index (χ0) is 14.5. The average Bonchev–Trinajstić information content (AvgIpc) is 2.75. The normalized spacial score (nSPS) is 18.4. The van der Waals surface area contributed by atoms with Crippen LogP contribution in [0.25, 0.3) is 0 Å². The molecule has 2 rings (SSSR count). The molecular weight excluding hydrogens is 270 g/mol. The molecule has 1 N–H and O–H groups in total. The van der Waals surface area contributed by atoms with E-state index < -0.39 is 0 Å². The van der Waals surface area contributed by atoms with Crippen molar-refractivity contribution < 1.29 is 0 Å². The summed E-state index contributed by atoms with van der Waals surface area (Å²) >= 11 is 6.50. The Morgan fingerprint density at radius 2 is 2.00 bits per heavy atom. The molecule has 1 aromatic heterocycles. The van der Waals surface area contributed by atoms with Crippen LogP contribution in [0, 0.1) is 5.92 Å². The van der Waals surface area contributed by atoms with E-state index in [4.69, 9.17) is 11.6 Å². The largest absolute Gasteiger partial charge is 0.314 e. The van der Waals surface area contributed by atoms with Gasteiger partial charge in [-0.25, -0.2) is 0 Å². The number of nitrogens with one attached hydrogen (secondary N) is 1. The number of hydrogen-bond acceptors (Lipinski definition) is 2. The quantitative estimate of drug-likeness (QED) is 0.867. The highest BCUT2D eigenvalue weighted by molar-refractivity contribution is 6.31. The van der Waals surface area contributed by atoms with Gasteiger partial charge in [-0.2, -0.15) is 5.10 Å². The van der Waals surface area contributed by atoms with Crippen molar-refractivity contribution in [1.82, 2.24) is 15.1 Å². The third-order valence-corrected chi connectivity index (χ3v) is 5.04. The molecule has 0 aliphatic heterocycles. The number of nitrogens with zero attached hydrogens (tertiary/aromatic N) is 2. The van der Waals surface area contributed by atoms with Crippen LogP contribution in [0.5, 0.6) is 0 Å². The summed E-state index contributed by atoms with van der Waals surface area (Å²) in [6.07, 6.45) is 8.78. The van der Waals surface area contributed by atoms with Crippen molar-refractivity contribution in [3.05, 3.63) is 16.4 Å². The van der Waals surface area contributed by atoms with Crippen molar-refractivity contribution >= 4 is 11.6 Å². The average molecular weight is 298 g/mol. The van der Waals surface area contributed by atoms with Crippen molar-refractivity contribution in [2.45, 2.75) is 64.8 Å². The van der Waals surface area contributed by atoms with Gasteiger partial charge in [-0.3, -0.25) is 4.68 Å². The molecule has 0 saturated heterocycles. The lowest BCUT2D eigenvalue weighted by Gasteiger charge is -2.31. The van der Waals surface area contributed by atoms with E-state index in [-0.39, 0.29) is 0 Å². The maximum absolute atomic E-state index is 6.50. The van der Waals surface area contributed by atoms with Crippen molar-refractivity contribution in [2.75, 3.05) is 6.54 Å². The van der Waals surface area contributed by atoms with Crippen molar-refractivity contribution in [1.29, 1.82) is 0 Å². The molecular formula is C16H28ClN3. The van der Waals surface area contributed by atoms with Crippen molar-refractivity contribution in [2.24, 2.45) is 13.0 Å². The summed E-state index contributed by atoms with van der Waals surface area (Å²) in [5, 5.41) is 9.11. The third kappa shape index (κ3) is 3.56. The molecule has 0 amide bonds. The minimum absolute atomic E-state index is 0.540. The summed E-state index contributed by atoms with van der Waals surface area (Å²) in [7, 11) is 2.02. The standard InChI is InChI=1S/C16H28ClN3/c1-4-13-16(17)15(20(3)19-13)11-14(18-5-2)12-9-7-6-8-10-12/h12,14,18H,4-11H2,1-3H3. The topological polar surface area (TPSA) is 29.9 Å². The van der Waals surface area contributed by atoms with Gasteiger partial charge in [-0.1, -0.05) is 44.7 Å². The van der Waals surface area contributed by atoms with Gasteiger partial charge < -0.3 is 5.32 Å². The third-order valence-electron chi connectivity index (χ3n) is 4.60. The van der Waals surface area contributed by atoms with E-state index in [1.807, 2.05) is 11.7 Å². The summed E-state index contributed by atoms with van der Waals surface area (Å²) in [4.78, 5) is 0. The van der Waals surface area contributed by atoms with Gasteiger partial charge in [-0.05, 0) is 31.7 Å². The van der Waals surface area contributed by atoms with E-state index in [1.165, 1.54) is 37.8 Å². The van der Waals surface area contributed by atoms with Crippen LogP contribution in [-0.4, -0.2) is 22.4 Å². The fourth-order valence-electron chi connectivity index (χ4n) is 3.45. The molecule has 0 radical (unpaired) electrons. The fraction of sp³-hybridized carbons (Fsp3) is 0.812. The molecule has 1 unspecified atom stereocenters. The highest BCUT2D eigenvalue weighted by atomic mass is 35.5. The highest BCUT2D eigenvalue weighted by Gasteiger charge is 2.25. The second-order valence-electron chi connectivity index (χ2n) is 5.95. The first-order valence-electron chi connectivity index (χ1n) is 8.11. The smallest absolute Gasteiger partial charge is 0.0850 e. The SMILES string of the molecule is CCNC(Cc1c(Cl)c(CC)nn1C)C1CCCCC1. The van der Waals surface area contributed by atoms with E-state index in [2.05, 4.69) is 24.3 Å². The van der Waals surface area contributed by atoms with Crippen LogP contribution >= 0.6 is 11.6 Å². The second-order valence-corrected chi connectivity index (χ2v) is 6.33. The molecule has 114 valence electrons. The summed E-state index contributed by atoms with van der Waals surface area (Å²) in [5.74, 6) is 0.791. The number of aryl methyl sites for hydroxylation is 2. The Bertz CT molecular complexity index is 422. The predicted molar refractivity (Wildman–Crippen MR) is 85.3 cm³/mol. The molecule has 0 aromatic carbocycles. The van der Waals surface area contributed by atoms with E-state index in [1.54, 1.807) is 0 Å². The minimum atomic E-state index is 0.540. The maximum atomic E-state index is 6.50. The lowest BCUT2D eigenvalue weighted by Crippen LogP contribution is -2.39. The highest BCUT2D eigenvalue weighted by Crippen LogP contribution is 2.30. The van der Waals surface area contributed by atoms with Gasteiger partial charge in [0.1, 0.15) is 0 Å². The molecule has 1 saturated carbocycles. The second kappa shape index (κ2) is 7.46. The molecule has 1 fully saturated rings. The number of aromatic nitrogens is 2. The van der Waals surface area contributed by atoms with Gasteiger partial charge in [-0.15, -0.1) is 0 Å². The Morgan fingerprint density at radius 3 is 2.55 bits per heavy atom. The molecule has 1 atom stereocenters. The fourth-order valence-corrected chi connectivity index (χ4v) is 3.82. The molecule has 1 aliphatic rings. The first-order chi connectivity index (χ1) is 9.67. The van der Waals surface area contributed by atoms with Crippen LogP contribution in [0.2, 0.25) is 5.02 Å². The van der Waals surface area contributed by atoms with Crippen LogP contribution in [0.1, 0.15) is 57.3 Å². The molecule has 1 aromatic rings. The zero-order valence-electron chi connectivity index (χ0n) is 13.1. The van der Waals surface area contributed by atoms with Crippen molar-refractivity contribution in [3.63, 3.8) is 0 Å². The zero-order valence-corrected chi connectivity index (χ0v) is 13.8. The molecule has 3 nitrogen and oxygen atoms in total. The van der Waals surface area contributed by atoms with Crippen LogP contribution in [-0.2, 0) is 19.9 Å². The Hall–Kier alpha value is -0.540. The molecule has 4 heteroatoms. The van der Waals surface area contributed by atoms with E-state index in [0.29, 0.717) is 6.04 Å². The lowest BCUT2D eigenvalue weighted by molar-refractivity contribution is 0.267. The van der Waals surface area contributed by atoms with Gasteiger partial charge in [0.05, 0.1) is 16.4 Å². The predicted octanol–water partition coefficient (Wildman–Crippen LogP) is 3.74. The minimum Gasteiger partial charge on any atom is -0.314 e. The molecule has 1 aliphatic carbocycles. The Balaban J connectivity index is 2.12. The summed E-state index contributed by atoms with van der Waals surface area (Å²) in [6.45, 7) is 5.33. The number of hydrogen-bond donors (Lipinski definition) is 1. The van der Waals surface area contributed by atoms with Gasteiger partial charge in [0, 0.05) is 19.5 Å². The molecule has 0 spiro atoms. The molecule has 1 heterocycles. The Morgan fingerprint density at radius 1 is 1.30 bits per heavy atom. The summed E-state index contributed by atoms with van der Waals surface area (Å²) in [5.41, 5.74) is 2.23. The van der Waals surface area contributed by atoms with Gasteiger partial charge in [0.25, 0.3) is 0 Å². The van der Waals surface area contributed by atoms with Crippen molar-refractivity contribution in [3.8, 4) is 0 Å². The Labute approximate surface area is 128 Å². The van der Waals surface area contributed by atoms with Crippen LogP contribution in [0.15, 0.2) is 0 Å². The summed E-state index contributed by atoms with van der Waals surface area (Å²) < 4.78 is 1.98. The molecule has 0 bridgehead atoms. The molecule has 20 heavy (non-hydrogen) atoms. The number of likely N-dealkylation sites (N-methyl/N-ethyl adjacent to an activating group) is 1. The Kier molecular flexibility index (Phi) is 5.91. The van der Waals surface area contributed by atoms with E-state index >= 15 is 0 Å². The van der Waals surface area contributed by atoms with Gasteiger partial charge in [0.2, 0.25) is 0 Å². The first-order valence-corrected chi connectivity index (χ1v) is 8.48. The van der Waals surface area contributed by atoms with Crippen LogP contribution in [0.4, 0.5) is 0 Å². The van der Waals surface area contributed by atoms with E-state index in [9.17, 15) is 0 Å². The maximum Gasteiger partial charge on any atom is 0.0850 e. The van der Waals surface area contributed by atoms with Gasteiger partial charge in [0.15, 0.2) is 0 Å². The summed E-state index contributed by atoms with van der Waals surface area (Å²) in [6, 6.07) is 0.540. The first kappa shape index (κ1) is 15.8. The van der Waals surface area contributed by atoms with Crippen LogP contribution in [0.3, 0.4) is 0 Å². The van der Waals surface area contributed by atoms with E-state index in [0.717, 1.165) is 36.0 Å². The monoisotopic (exact) mass is 297 g/mol. The number of halogens is 1. The lowest BCUT2D eigenvalue weighted by atomic mass is 9.82.